The molecule has 2 saturated heterocycles. The molecule has 0 N–H and O–H groups in total. The number of rotatable bonds is 4. The lowest BCUT2D eigenvalue weighted by atomic mass is 9.96. The molecule has 9 heteroatoms. The number of aryl methyl sites for hydroxylation is 1. The Morgan fingerprint density at radius 3 is 2.23 bits per heavy atom. The maximum absolute atomic E-state index is 13.0. The van der Waals surface area contributed by atoms with Gasteiger partial charge in [-0.2, -0.15) is 4.31 Å². The largest absolute Gasteiger partial charge is 0.352 e. The highest BCUT2D eigenvalue weighted by Crippen LogP contribution is 2.26. The summed E-state index contributed by atoms with van der Waals surface area (Å²) in [6.07, 6.45) is 6.18. The summed E-state index contributed by atoms with van der Waals surface area (Å²) >= 11 is 0. The molecule has 0 saturated carbocycles. The molecule has 0 atom stereocenters. The van der Waals surface area contributed by atoms with Gasteiger partial charge in [-0.05, 0) is 31.9 Å². The Morgan fingerprint density at radius 2 is 1.63 bits per heavy atom. The van der Waals surface area contributed by atoms with Crippen molar-refractivity contribution in [3.63, 3.8) is 0 Å². The maximum atomic E-state index is 13.0. The number of piperidine rings is 1. The molecule has 160 valence electrons. The van der Waals surface area contributed by atoms with Gasteiger partial charge < -0.3 is 9.80 Å². The highest BCUT2D eigenvalue weighted by atomic mass is 32.2. The predicted molar refractivity (Wildman–Crippen MR) is 113 cm³/mol. The first kappa shape index (κ1) is 20.7. The summed E-state index contributed by atoms with van der Waals surface area (Å²) in [5, 5.41) is 0. The van der Waals surface area contributed by atoms with Crippen LogP contribution in [0.25, 0.3) is 0 Å². The van der Waals surface area contributed by atoms with E-state index in [2.05, 4.69) is 14.9 Å². The summed E-state index contributed by atoms with van der Waals surface area (Å²) in [6, 6.07) is 6.92. The fourth-order valence-corrected chi connectivity index (χ4v) is 5.54. The summed E-state index contributed by atoms with van der Waals surface area (Å²) in [4.78, 5) is 25.7. The van der Waals surface area contributed by atoms with E-state index in [1.54, 1.807) is 30.7 Å². The number of anilines is 1. The standard InChI is InChI=1S/C21H27N5O3S/c1-17-2-4-19(5-3-17)30(28,29)26-10-6-18(7-11-26)21(27)25-14-12-24(13-15-25)20-16-22-8-9-23-20/h2-5,8-9,16,18H,6-7,10-15H2,1H3. The first-order valence-corrected chi connectivity index (χ1v) is 11.8. The molecular formula is C21H27N5O3S. The number of hydrogen-bond donors (Lipinski definition) is 0. The van der Waals surface area contributed by atoms with E-state index in [0.717, 1.165) is 24.5 Å². The second kappa shape index (κ2) is 8.69. The first-order chi connectivity index (χ1) is 14.4. The van der Waals surface area contributed by atoms with Crippen molar-refractivity contribution in [2.75, 3.05) is 44.2 Å². The molecule has 0 spiro atoms. The summed E-state index contributed by atoms with van der Waals surface area (Å²) in [6.45, 7) is 5.45. The second-order valence-corrected chi connectivity index (χ2v) is 9.81. The first-order valence-electron chi connectivity index (χ1n) is 10.3. The number of piperazine rings is 1. The molecule has 2 aliphatic heterocycles. The lowest BCUT2D eigenvalue weighted by Crippen LogP contribution is -2.52. The van der Waals surface area contributed by atoms with Gasteiger partial charge in [0.25, 0.3) is 0 Å². The Bertz CT molecular complexity index is 965. The van der Waals surface area contributed by atoms with E-state index in [-0.39, 0.29) is 11.8 Å². The SMILES string of the molecule is Cc1ccc(S(=O)(=O)N2CCC(C(=O)N3CCN(c4cnccn4)CC3)CC2)cc1. The molecule has 1 aromatic carbocycles. The molecule has 2 fully saturated rings. The maximum Gasteiger partial charge on any atom is 0.243 e. The number of amides is 1. The molecule has 0 bridgehead atoms. The summed E-state index contributed by atoms with van der Waals surface area (Å²) in [5.41, 5.74) is 1.03. The number of benzene rings is 1. The Kier molecular flexibility index (Phi) is 6.01. The van der Waals surface area contributed by atoms with Crippen molar-refractivity contribution < 1.29 is 13.2 Å². The lowest BCUT2D eigenvalue weighted by molar-refractivity contribution is -0.137. The van der Waals surface area contributed by atoms with Gasteiger partial charge in [0.05, 0.1) is 11.1 Å². The summed E-state index contributed by atoms with van der Waals surface area (Å²) in [7, 11) is -3.50. The van der Waals surface area contributed by atoms with E-state index in [9.17, 15) is 13.2 Å². The van der Waals surface area contributed by atoms with E-state index in [1.807, 2.05) is 24.0 Å². The highest BCUT2D eigenvalue weighted by Gasteiger charge is 2.34. The van der Waals surface area contributed by atoms with Gasteiger partial charge in [0.15, 0.2) is 0 Å². The van der Waals surface area contributed by atoms with Gasteiger partial charge in [-0.1, -0.05) is 17.7 Å². The fraction of sp³-hybridized carbons (Fsp3) is 0.476. The molecule has 2 aliphatic rings. The minimum atomic E-state index is -3.50. The average molecular weight is 430 g/mol. The molecule has 1 aromatic heterocycles. The van der Waals surface area contributed by atoms with Gasteiger partial charge in [0.1, 0.15) is 5.82 Å². The van der Waals surface area contributed by atoms with Gasteiger partial charge in [0, 0.05) is 57.6 Å². The number of aromatic nitrogens is 2. The molecule has 0 unspecified atom stereocenters. The van der Waals surface area contributed by atoms with Gasteiger partial charge in [-0.15, -0.1) is 0 Å². The van der Waals surface area contributed by atoms with Crippen LogP contribution >= 0.6 is 0 Å². The average Bonchev–Trinajstić information content (AvgIpc) is 2.80. The monoisotopic (exact) mass is 429 g/mol. The third-order valence-electron chi connectivity index (χ3n) is 5.93. The van der Waals surface area contributed by atoms with Crippen LogP contribution in [0.15, 0.2) is 47.8 Å². The van der Waals surface area contributed by atoms with E-state index < -0.39 is 10.0 Å². The van der Waals surface area contributed by atoms with Crippen molar-refractivity contribution in [1.29, 1.82) is 0 Å². The van der Waals surface area contributed by atoms with E-state index >= 15 is 0 Å². The van der Waals surface area contributed by atoms with Crippen molar-refractivity contribution in [3.05, 3.63) is 48.4 Å². The van der Waals surface area contributed by atoms with Crippen LogP contribution in [0.4, 0.5) is 5.82 Å². The minimum absolute atomic E-state index is 0.113. The van der Waals surface area contributed by atoms with E-state index in [1.165, 1.54) is 4.31 Å². The summed E-state index contributed by atoms with van der Waals surface area (Å²) in [5.74, 6) is 0.859. The van der Waals surface area contributed by atoms with Gasteiger partial charge in [-0.3, -0.25) is 9.78 Å². The van der Waals surface area contributed by atoms with Crippen molar-refractivity contribution in [1.82, 2.24) is 19.2 Å². The summed E-state index contributed by atoms with van der Waals surface area (Å²) < 4.78 is 27.2. The van der Waals surface area contributed by atoms with Gasteiger partial charge >= 0.3 is 0 Å². The molecular weight excluding hydrogens is 402 g/mol. The minimum Gasteiger partial charge on any atom is -0.352 e. The molecule has 4 rings (SSSR count). The topological polar surface area (TPSA) is 86.7 Å². The zero-order valence-electron chi connectivity index (χ0n) is 17.1. The fourth-order valence-electron chi connectivity index (χ4n) is 4.07. The number of sulfonamides is 1. The zero-order chi connectivity index (χ0) is 21.1. The van der Waals surface area contributed by atoms with Crippen LogP contribution in [0, 0.1) is 12.8 Å². The van der Waals surface area contributed by atoms with Crippen LogP contribution in [-0.4, -0.2) is 72.8 Å². The number of nitrogens with zero attached hydrogens (tertiary/aromatic N) is 5. The molecule has 8 nitrogen and oxygen atoms in total. The van der Waals surface area contributed by atoms with Crippen molar-refractivity contribution in [3.8, 4) is 0 Å². The molecule has 1 amide bonds. The molecule has 30 heavy (non-hydrogen) atoms. The third kappa shape index (κ3) is 4.32. The number of carbonyl (C=O) groups is 1. The van der Waals surface area contributed by atoms with Crippen LogP contribution in [0.3, 0.4) is 0 Å². The predicted octanol–water partition coefficient (Wildman–Crippen LogP) is 1.53. The number of carbonyl (C=O) groups excluding carboxylic acids is 1. The van der Waals surface area contributed by atoms with Crippen LogP contribution < -0.4 is 4.90 Å². The Balaban J connectivity index is 1.31. The van der Waals surface area contributed by atoms with Crippen molar-refractivity contribution >= 4 is 21.7 Å². The van der Waals surface area contributed by atoms with Gasteiger partial charge in [-0.25, -0.2) is 13.4 Å². The molecule has 0 aliphatic carbocycles. The van der Waals surface area contributed by atoms with Crippen LogP contribution in [0.5, 0.6) is 0 Å². The van der Waals surface area contributed by atoms with Crippen molar-refractivity contribution in [2.24, 2.45) is 5.92 Å². The number of hydrogen-bond acceptors (Lipinski definition) is 6. The van der Waals surface area contributed by atoms with Crippen LogP contribution in [0.1, 0.15) is 18.4 Å². The Hall–Kier alpha value is -2.52. The molecule has 3 heterocycles. The molecule has 2 aromatic rings. The molecule has 0 radical (unpaired) electrons. The van der Waals surface area contributed by atoms with Crippen LogP contribution in [-0.2, 0) is 14.8 Å². The zero-order valence-corrected chi connectivity index (χ0v) is 18.0. The Labute approximate surface area is 177 Å². The van der Waals surface area contributed by atoms with E-state index in [4.69, 9.17) is 0 Å². The smallest absolute Gasteiger partial charge is 0.243 e. The van der Waals surface area contributed by atoms with Crippen LogP contribution in [0.2, 0.25) is 0 Å². The third-order valence-corrected chi connectivity index (χ3v) is 7.84. The normalized spacial score (nSPS) is 19.1. The van der Waals surface area contributed by atoms with Gasteiger partial charge in [0.2, 0.25) is 15.9 Å². The van der Waals surface area contributed by atoms with Crippen molar-refractivity contribution in [2.45, 2.75) is 24.7 Å². The quantitative estimate of drug-likeness (QED) is 0.733. The highest BCUT2D eigenvalue weighted by molar-refractivity contribution is 7.89. The second-order valence-electron chi connectivity index (χ2n) is 7.87. The lowest BCUT2D eigenvalue weighted by Gasteiger charge is -2.38. The Morgan fingerprint density at radius 1 is 0.967 bits per heavy atom. The van der Waals surface area contributed by atoms with E-state index in [0.29, 0.717) is 43.9 Å².